The lowest BCUT2D eigenvalue weighted by molar-refractivity contribution is -0.121. The normalized spacial score (nSPS) is 10.8. The number of hydrogen-bond donors (Lipinski definition) is 1. The van der Waals surface area contributed by atoms with E-state index in [1.807, 2.05) is 0 Å². The lowest BCUT2D eigenvalue weighted by Gasteiger charge is -2.09. The van der Waals surface area contributed by atoms with Crippen LogP contribution in [-0.4, -0.2) is 38.0 Å². The summed E-state index contributed by atoms with van der Waals surface area (Å²) in [4.78, 5) is 13.9. The first-order valence-electron chi connectivity index (χ1n) is 7.55. The Bertz CT molecular complexity index is 384. The molecule has 3 nitrogen and oxygen atoms in total. The van der Waals surface area contributed by atoms with Gasteiger partial charge in [-0.15, -0.1) is 0 Å². The van der Waals surface area contributed by atoms with Crippen LogP contribution in [0.2, 0.25) is 0 Å². The summed E-state index contributed by atoms with van der Waals surface area (Å²) in [6.45, 7) is 4.01. The van der Waals surface area contributed by atoms with E-state index in [1.54, 1.807) is 0 Å². The van der Waals surface area contributed by atoms with Gasteiger partial charge in [0.15, 0.2) is 0 Å². The van der Waals surface area contributed by atoms with Crippen LogP contribution in [0.1, 0.15) is 36.8 Å². The third-order valence-electron chi connectivity index (χ3n) is 3.37. The molecular formula is C17H28N2O. The number of amides is 1. The largest absolute Gasteiger partial charge is 0.356 e. The summed E-state index contributed by atoms with van der Waals surface area (Å²) in [5.41, 5.74) is 2.49. The number of carbonyl (C=O) groups is 1. The predicted octanol–water partition coefficient (Wildman–Crippen LogP) is 2.78. The number of aryl methyl sites for hydroxylation is 2. The monoisotopic (exact) mass is 276 g/mol. The summed E-state index contributed by atoms with van der Waals surface area (Å²) < 4.78 is 0. The van der Waals surface area contributed by atoms with Gasteiger partial charge in [-0.1, -0.05) is 36.2 Å². The molecule has 0 heterocycles. The fourth-order valence-corrected chi connectivity index (χ4v) is 2.06. The van der Waals surface area contributed by atoms with E-state index in [1.165, 1.54) is 24.0 Å². The van der Waals surface area contributed by atoms with Gasteiger partial charge >= 0.3 is 0 Å². The Morgan fingerprint density at radius 2 is 1.80 bits per heavy atom. The molecular weight excluding hydrogens is 248 g/mol. The van der Waals surface area contributed by atoms with Crippen LogP contribution < -0.4 is 5.32 Å². The van der Waals surface area contributed by atoms with Gasteiger partial charge < -0.3 is 10.2 Å². The molecule has 0 saturated carbocycles. The van der Waals surface area contributed by atoms with Crippen LogP contribution in [0.15, 0.2) is 24.3 Å². The molecule has 1 amide bonds. The minimum absolute atomic E-state index is 0.165. The number of rotatable bonds is 9. The van der Waals surface area contributed by atoms with E-state index in [0.717, 1.165) is 25.9 Å². The Kier molecular flexibility index (Phi) is 7.97. The van der Waals surface area contributed by atoms with Crippen molar-refractivity contribution in [1.29, 1.82) is 0 Å². The zero-order valence-corrected chi connectivity index (χ0v) is 13.1. The van der Waals surface area contributed by atoms with E-state index in [2.05, 4.69) is 55.5 Å². The Balaban J connectivity index is 2.04. The third kappa shape index (κ3) is 7.95. The van der Waals surface area contributed by atoms with Crippen molar-refractivity contribution in [1.82, 2.24) is 10.2 Å². The summed E-state index contributed by atoms with van der Waals surface area (Å²) in [6, 6.07) is 8.39. The van der Waals surface area contributed by atoms with Gasteiger partial charge in [0.1, 0.15) is 0 Å². The highest BCUT2D eigenvalue weighted by atomic mass is 16.1. The van der Waals surface area contributed by atoms with Crippen molar-refractivity contribution in [3.05, 3.63) is 35.4 Å². The molecule has 0 unspecified atom stereocenters. The highest BCUT2D eigenvalue weighted by molar-refractivity contribution is 5.76. The molecule has 112 valence electrons. The molecule has 3 heteroatoms. The van der Waals surface area contributed by atoms with Gasteiger partial charge in [-0.05, 0) is 52.4 Å². The summed E-state index contributed by atoms with van der Waals surface area (Å²) in [5.74, 6) is 0.165. The van der Waals surface area contributed by atoms with Crippen molar-refractivity contribution in [2.45, 2.75) is 39.0 Å². The SMILES string of the molecule is Cc1ccc(CCC(=O)NCCCCCN(C)C)cc1. The molecule has 20 heavy (non-hydrogen) atoms. The lowest BCUT2D eigenvalue weighted by Crippen LogP contribution is -2.24. The average molecular weight is 276 g/mol. The summed E-state index contributed by atoms with van der Waals surface area (Å²) in [6.07, 6.45) is 4.86. The summed E-state index contributed by atoms with van der Waals surface area (Å²) in [5, 5.41) is 3.00. The number of benzene rings is 1. The van der Waals surface area contributed by atoms with Gasteiger partial charge in [-0.25, -0.2) is 0 Å². The van der Waals surface area contributed by atoms with Gasteiger partial charge in [0.05, 0.1) is 0 Å². The number of hydrogen-bond acceptors (Lipinski definition) is 2. The van der Waals surface area contributed by atoms with Crippen molar-refractivity contribution in [2.75, 3.05) is 27.2 Å². The van der Waals surface area contributed by atoms with Gasteiger partial charge in [0, 0.05) is 13.0 Å². The van der Waals surface area contributed by atoms with E-state index >= 15 is 0 Å². The second-order valence-corrected chi connectivity index (χ2v) is 5.70. The highest BCUT2D eigenvalue weighted by Gasteiger charge is 2.01. The molecule has 1 N–H and O–H groups in total. The average Bonchev–Trinajstić information content (AvgIpc) is 2.41. The molecule has 1 aromatic rings. The van der Waals surface area contributed by atoms with Gasteiger partial charge in [0.25, 0.3) is 0 Å². The van der Waals surface area contributed by atoms with Crippen LogP contribution >= 0.6 is 0 Å². The molecule has 0 spiro atoms. The summed E-state index contributed by atoms with van der Waals surface area (Å²) in [7, 11) is 4.18. The predicted molar refractivity (Wildman–Crippen MR) is 84.9 cm³/mol. The number of unbranched alkanes of at least 4 members (excludes halogenated alkanes) is 2. The molecule has 0 bridgehead atoms. The van der Waals surface area contributed by atoms with Gasteiger partial charge in [-0.3, -0.25) is 4.79 Å². The molecule has 0 fully saturated rings. The zero-order valence-electron chi connectivity index (χ0n) is 13.1. The van der Waals surface area contributed by atoms with Crippen molar-refractivity contribution >= 4 is 5.91 Å². The second kappa shape index (κ2) is 9.54. The zero-order chi connectivity index (χ0) is 14.8. The van der Waals surface area contributed by atoms with E-state index in [9.17, 15) is 4.79 Å². The maximum atomic E-state index is 11.7. The Morgan fingerprint density at radius 1 is 1.10 bits per heavy atom. The highest BCUT2D eigenvalue weighted by Crippen LogP contribution is 2.05. The molecule has 1 rings (SSSR count). The molecule has 0 atom stereocenters. The van der Waals surface area contributed by atoms with Crippen LogP contribution in [-0.2, 0) is 11.2 Å². The molecule has 0 saturated heterocycles. The molecule has 0 radical (unpaired) electrons. The smallest absolute Gasteiger partial charge is 0.220 e. The number of carbonyl (C=O) groups excluding carboxylic acids is 1. The maximum absolute atomic E-state index is 11.7. The fraction of sp³-hybridized carbons (Fsp3) is 0.588. The minimum atomic E-state index is 0.165. The third-order valence-corrected chi connectivity index (χ3v) is 3.37. The van der Waals surface area contributed by atoms with Crippen molar-refractivity contribution in [2.24, 2.45) is 0 Å². The van der Waals surface area contributed by atoms with Gasteiger partial charge in [-0.2, -0.15) is 0 Å². The Hall–Kier alpha value is -1.35. The van der Waals surface area contributed by atoms with Crippen molar-refractivity contribution in [3.8, 4) is 0 Å². The van der Waals surface area contributed by atoms with Crippen LogP contribution in [0.5, 0.6) is 0 Å². The lowest BCUT2D eigenvalue weighted by atomic mass is 10.1. The molecule has 0 aliphatic heterocycles. The van der Waals surface area contributed by atoms with Gasteiger partial charge in [0.2, 0.25) is 5.91 Å². The Morgan fingerprint density at radius 3 is 2.45 bits per heavy atom. The first-order valence-corrected chi connectivity index (χ1v) is 7.55. The van der Waals surface area contributed by atoms with Crippen LogP contribution in [0.25, 0.3) is 0 Å². The van der Waals surface area contributed by atoms with E-state index in [-0.39, 0.29) is 5.91 Å². The maximum Gasteiger partial charge on any atom is 0.220 e. The van der Waals surface area contributed by atoms with E-state index in [0.29, 0.717) is 6.42 Å². The van der Waals surface area contributed by atoms with Crippen LogP contribution in [0.4, 0.5) is 0 Å². The van der Waals surface area contributed by atoms with Crippen LogP contribution in [0.3, 0.4) is 0 Å². The topological polar surface area (TPSA) is 32.3 Å². The molecule has 1 aromatic carbocycles. The fourth-order valence-electron chi connectivity index (χ4n) is 2.06. The van der Waals surface area contributed by atoms with Crippen molar-refractivity contribution in [3.63, 3.8) is 0 Å². The molecule has 0 aliphatic rings. The number of nitrogens with one attached hydrogen (secondary N) is 1. The number of nitrogens with zero attached hydrogens (tertiary/aromatic N) is 1. The quantitative estimate of drug-likeness (QED) is 0.703. The first kappa shape index (κ1) is 16.7. The van der Waals surface area contributed by atoms with E-state index in [4.69, 9.17) is 0 Å². The van der Waals surface area contributed by atoms with Crippen molar-refractivity contribution < 1.29 is 4.79 Å². The molecule has 0 aromatic heterocycles. The van der Waals surface area contributed by atoms with Crippen LogP contribution in [0, 0.1) is 6.92 Å². The second-order valence-electron chi connectivity index (χ2n) is 5.70. The first-order chi connectivity index (χ1) is 9.58. The summed E-state index contributed by atoms with van der Waals surface area (Å²) >= 11 is 0. The van der Waals surface area contributed by atoms with E-state index < -0.39 is 0 Å². The standard InChI is InChI=1S/C17H28N2O/c1-15-7-9-16(10-8-15)11-12-17(20)18-13-5-4-6-14-19(2)3/h7-10H,4-6,11-14H2,1-3H3,(H,18,20). The minimum Gasteiger partial charge on any atom is -0.356 e. The Labute approximate surface area is 123 Å². The molecule has 0 aliphatic carbocycles.